The van der Waals surface area contributed by atoms with Crippen LogP contribution in [0.25, 0.3) is 11.3 Å². The van der Waals surface area contributed by atoms with Gasteiger partial charge in [0.15, 0.2) is 0 Å². The lowest BCUT2D eigenvalue weighted by Gasteiger charge is -2.30. The molecule has 1 aliphatic heterocycles. The molecule has 0 saturated heterocycles. The molecular weight excluding hydrogens is 336 g/mol. The Morgan fingerprint density at radius 3 is 2.80 bits per heavy atom. The number of benzene rings is 1. The highest BCUT2D eigenvalue weighted by Gasteiger charge is 2.42. The molecule has 1 aromatic carbocycles. The van der Waals surface area contributed by atoms with Crippen molar-refractivity contribution >= 4 is 23.4 Å². The minimum absolute atomic E-state index is 0.0558. The average molecular weight is 359 g/mol. The topological polar surface area (TPSA) is 69.9 Å². The number of aromatic nitrogens is 3. The number of nitrogens with one attached hydrogen (secondary N) is 1. The number of thioether (sulfide) groups is 1. The molecule has 7 heteroatoms. The maximum atomic E-state index is 12.8. The van der Waals surface area contributed by atoms with Gasteiger partial charge in [-0.1, -0.05) is 48.8 Å². The average Bonchev–Trinajstić information content (AvgIpc) is 2.60. The first-order valence-electron chi connectivity index (χ1n) is 8.66. The van der Waals surface area contributed by atoms with Crippen molar-refractivity contribution in [3.63, 3.8) is 0 Å². The van der Waals surface area contributed by atoms with Gasteiger partial charge in [0.1, 0.15) is 0 Å². The smallest absolute Gasteiger partial charge is 0.291 e. The van der Waals surface area contributed by atoms with Crippen LogP contribution >= 0.6 is 11.8 Å². The van der Waals surface area contributed by atoms with Crippen LogP contribution in [0.3, 0.4) is 0 Å². The van der Waals surface area contributed by atoms with Crippen LogP contribution in [0.5, 0.6) is 0 Å². The lowest BCUT2D eigenvalue weighted by Crippen LogP contribution is -2.60. The first-order valence-corrected chi connectivity index (χ1v) is 9.65. The van der Waals surface area contributed by atoms with Gasteiger partial charge in [0.25, 0.3) is 6.17 Å². The first kappa shape index (κ1) is 17.7. The first-order chi connectivity index (χ1) is 12.1. The number of H-pyrrole nitrogens is 1. The van der Waals surface area contributed by atoms with Crippen molar-refractivity contribution in [2.24, 2.45) is 0 Å². The third-order valence-electron chi connectivity index (χ3n) is 4.30. The van der Waals surface area contributed by atoms with E-state index in [0.29, 0.717) is 17.3 Å². The fourth-order valence-corrected chi connectivity index (χ4v) is 4.10. The van der Waals surface area contributed by atoms with Crippen molar-refractivity contribution in [3.8, 4) is 11.3 Å². The number of carbonyl (C=O) groups excluding carboxylic acids is 1. The fraction of sp³-hybridized carbons (Fsp3) is 0.444. The Kier molecular flexibility index (Phi) is 5.22. The molecule has 0 aliphatic carbocycles. The predicted molar refractivity (Wildman–Crippen MR) is 98.6 cm³/mol. The second-order valence-electron chi connectivity index (χ2n) is 6.05. The van der Waals surface area contributed by atoms with E-state index in [9.17, 15) is 9.59 Å². The van der Waals surface area contributed by atoms with Crippen molar-refractivity contribution < 1.29 is 9.48 Å². The van der Waals surface area contributed by atoms with Gasteiger partial charge in [0.2, 0.25) is 11.1 Å². The van der Waals surface area contributed by atoms with Crippen molar-refractivity contribution in [2.45, 2.75) is 51.4 Å². The van der Waals surface area contributed by atoms with Crippen molar-refractivity contribution in [3.05, 3.63) is 34.6 Å². The fourth-order valence-electron chi connectivity index (χ4n) is 3.16. The number of anilines is 1. The number of hydrogen-bond donors (Lipinski definition) is 1. The molecule has 2 heterocycles. The summed E-state index contributed by atoms with van der Waals surface area (Å²) in [6, 6.07) is 7.50. The lowest BCUT2D eigenvalue weighted by molar-refractivity contribution is -0.771. The predicted octanol–water partition coefficient (Wildman–Crippen LogP) is 2.89. The molecule has 132 valence electrons. The Labute approximate surface area is 151 Å². The lowest BCUT2D eigenvalue weighted by atomic mass is 10.0. The molecule has 1 aliphatic rings. The quantitative estimate of drug-likeness (QED) is 0.506. The minimum Gasteiger partial charge on any atom is -0.291 e. The third kappa shape index (κ3) is 3.20. The number of para-hydroxylation sites is 1. The normalized spacial score (nSPS) is 15.6. The Balaban J connectivity index is 2.17. The van der Waals surface area contributed by atoms with E-state index in [4.69, 9.17) is 0 Å². The molecule has 1 aromatic heterocycles. The van der Waals surface area contributed by atoms with Crippen LogP contribution in [-0.4, -0.2) is 21.7 Å². The highest BCUT2D eigenvalue weighted by atomic mass is 32.2. The highest BCUT2D eigenvalue weighted by Crippen LogP contribution is 2.35. The second-order valence-corrected chi connectivity index (χ2v) is 7.13. The largest absolute Gasteiger partial charge is 0.325 e. The minimum atomic E-state index is -0.296. The number of carbonyl (C=O) groups is 1. The van der Waals surface area contributed by atoms with Crippen LogP contribution < -0.4 is 15.1 Å². The van der Waals surface area contributed by atoms with Gasteiger partial charge in [-0.3, -0.25) is 19.5 Å². The molecule has 0 saturated carbocycles. The Hall–Kier alpha value is -2.15. The summed E-state index contributed by atoms with van der Waals surface area (Å²) in [5.74, 6) is 0.850. The summed E-state index contributed by atoms with van der Waals surface area (Å²) in [6.45, 7) is 5.68. The summed E-state index contributed by atoms with van der Waals surface area (Å²) in [5, 5.41) is 5.26. The van der Waals surface area contributed by atoms with Crippen LogP contribution in [0.1, 0.15) is 46.2 Å². The maximum absolute atomic E-state index is 12.8. The van der Waals surface area contributed by atoms with E-state index in [1.54, 1.807) is 28.3 Å². The van der Waals surface area contributed by atoms with Gasteiger partial charge in [-0.15, -0.1) is 0 Å². The van der Waals surface area contributed by atoms with E-state index in [-0.39, 0.29) is 17.6 Å². The molecule has 2 aromatic rings. The third-order valence-corrected chi connectivity index (χ3v) is 5.25. The number of aromatic amines is 1. The van der Waals surface area contributed by atoms with Crippen molar-refractivity contribution in [1.29, 1.82) is 0 Å². The molecule has 1 N–H and O–H groups in total. The second kappa shape index (κ2) is 7.39. The molecule has 0 fully saturated rings. The van der Waals surface area contributed by atoms with Crippen LogP contribution in [0.15, 0.2) is 34.2 Å². The summed E-state index contributed by atoms with van der Waals surface area (Å²) in [7, 11) is 0. The van der Waals surface area contributed by atoms with Gasteiger partial charge in [0, 0.05) is 24.2 Å². The number of fused-ring (bicyclic) bond motifs is 3. The van der Waals surface area contributed by atoms with Gasteiger partial charge in [-0.05, 0) is 18.6 Å². The molecule has 6 nitrogen and oxygen atoms in total. The highest BCUT2D eigenvalue weighted by molar-refractivity contribution is 7.99. The van der Waals surface area contributed by atoms with Crippen LogP contribution in [0, 0.1) is 0 Å². The Morgan fingerprint density at radius 2 is 2.12 bits per heavy atom. The Morgan fingerprint density at radius 1 is 1.36 bits per heavy atom. The van der Waals surface area contributed by atoms with Crippen molar-refractivity contribution in [1.82, 2.24) is 10.1 Å². The standard InChI is InChI=1S/C18H22N4O2S/c1-4-6-11-25-18-19-17(24)16-13-9-7-8-10-14(13)21(12(3)23)15(5-2)22(16)20-18/h7-10,15H,4-6,11H2,1-3H3/p+1/t15-/m1/s1. The van der Waals surface area contributed by atoms with Crippen LogP contribution in [-0.2, 0) is 4.79 Å². The van der Waals surface area contributed by atoms with E-state index in [2.05, 4.69) is 17.0 Å². The number of amides is 1. The number of unbranched alkanes of at least 4 members (excludes halogenated alkanes) is 1. The molecule has 25 heavy (non-hydrogen) atoms. The number of rotatable bonds is 5. The molecule has 0 spiro atoms. The number of nitrogens with zero attached hydrogens (tertiary/aromatic N) is 3. The van der Waals surface area contributed by atoms with Crippen LogP contribution in [0.4, 0.5) is 5.69 Å². The molecule has 3 rings (SSSR count). The SMILES string of the molecule is CCCCSc1n[n+]2c(c(=O)[nH]1)-c1ccccc1N(C(C)=O)[C@H]2CC. The summed E-state index contributed by atoms with van der Waals surface area (Å²) >= 11 is 1.54. The van der Waals surface area contributed by atoms with E-state index in [0.717, 1.165) is 29.8 Å². The Bertz CT molecular complexity index is 849. The molecule has 1 atom stereocenters. The molecule has 0 radical (unpaired) electrons. The van der Waals surface area contributed by atoms with Crippen LogP contribution in [0.2, 0.25) is 0 Å². The van der Waals surface area contributed by atoms with Gasteiger partial charge in [-0.25, -0.2) is 0 Å². The van der Waals surface area contributed by atoms with Crippen molar-refractivity contribution in [2.75, 3.05) is 10.7 Å². The van der Waals surface area contributed by atoms with E-state index in [1.807, 2.05) is 31.2 Å². The van der Waals surface area contributed by atoms with Gasteiger partial charge in [0.05, 0.1) is 11.3 Å². The summed E-state index contributed by atoms with van der Waals surface area (Å²) in [6.07, 6.45) is 2.53. The van der Waals surface area contributed by atoms with Gasteiger partial charge < -0.3 is 0 Å². The zero-order valence-electron chi connectivity index (χ0n) is 14.8. The van der Waals surface area contributed by atoms with Gasteiger partial charge >= 0.3 is 11.3 Å². The van der Waals surface area contributed by atoms with E-state index < -0.39 is 0 Å². The molecular formula is C18H23N4O2S+. The summed E-state index contributed by atoms with van der Waals surface area (Å²) in [5.41, 5.74) is 1.85. The van der Waals surface area contributed by atoms with E-state index in [1.165, 1.54) is 0 Å². The van der Waals surface area contributed by atoms with E-state index >= 15 is 0 Å². The van der Waals surface area contributed by atoms with Gasteiger partial charge in [-0.2, -0.15) is 0 Å². The zero-order chi connectivity index (χ0) is 18.0. The molecule has 0 unspecified atom stereocenters. The molecule has 1 amide bonds. The number of hydrogen-bond acceptors (Lipinski definition) is 4. The monoisotopic (exact) mass is 359 g/mol. The summed E-state index contributed by atoms with van der Waals surface area (Å²) in [4.78, 5) is 29.7. The summed E-state index contributed by atoms with van der Waals surface area (Å²) < 4.78 is 1.72. The zero-order valence-corrected chi connectivity index (χ0v) is 15.6. The molecule has 0 bridgehead atoms. The maximum Gasteiger partial charge on any atom is 0.325 e.